The maximum Gasteiger partial charge on any atom is 0.248 e. The van der Waals surface area contributed by atoms with Gasteiger partial charge in [0.1, 0.15) is 24.1 Å². The van der Waals surface area contributed by atoms with Crippen LogP contribution in [0.15, 0.2) is 58.3 Å². The van der Waals surface area contributed by atoms with Crippen molar-refractivity contribution in [3.8, 4) is 17.3 Å². The minimum absolute atomic E-state index is 0.114. The van der Waals surface area contributed by atoms with Crippen LogP contribution < -0.4 is 10.1 Å². The Labute approximate surface area is 231 Å². The van der Waals surface area contributed by atoms with Crippen molar-refractivity contribution in [2.24, 2.45) is 0 Å². The van der Waals surface area contributed by atoms with Gasteiger partial charge in [0.15, 0.2) is 5.76 Å². The van der Waals surface area contributed by atoms with Crippen LogP contribution in [-0.2, 0) is 22.7 Å². The van der Waals surface area contributed by atoms with Crippen LogP contribution in [0.3, 0.4) is 0 Å². The molecule has 204 valence electrons. The molecule has 0 radical (unpaired) electrons. The molecule has 0 saturated heterocycles. The largest absolute Gasteiger partial charge is 0.497 e. The summed E-state index contributed by atoms with van der Waals surface area (Å²) >= 11 is 1.46. The molecular formula is C28H32N6O4S. The second-order valence-electron chi connectivity index (χ2n) is 9.68. The molecule has 0 spiro atoms. The van der Waals surface area contributed by atoms with Crippen molar-refractivity contribution in [3.05, 3.63) is 70.1 Å². The van der Waals surface area contributed by atoms with Crippen molar-refractivity contribution in [3.63, 3.8) is 0 Å². The third-order valence-corrected chi connectivity index (χ3v) is 7.77. The number of aromatic nitrogens is 4. The van der Waals surface area contributed by atoms with E-state index in [1.54, 1.807) is 18.1 Å². The lowest BCUT2D eigenvalue weighted by molar-refractivity contribution is -0.142. The Morgan fingerprint density at radius 2 is 1.95 bits per heavy atom. The molecule has 0 unspecified atom stereocenters. The Kier molecular flexibility index (Phi) is 8.36. The van der Waals surface area contributed by atoms with Crippen molar-refractivity contribution >= 4 is 23.2 Å². The van der Waals surface area contributed by atoms with Gasteiger partial charge in [-0.05, 0) is 66.3 Å². The lowest BCUT2D eigenvalue weighted by Gasteiger charge is -2.32. The first-order valence-corrected chi connectivity index (χ1v) is 14.0. The number of nitrogens with one attached hydrogen (secondary N) is 1. The maximum absolute atomic E-state index is 13.9. The van der Waals surface area contributed by atoms with E-state index in [0.29, 0.717) is 17.3 Å². The summed E-state index contributed by atoms with van der Waals surface area (Å²) in [5.41, 5.74) is 0.870. The Bertz CT molecular complexity index is 1380. The fourth-order valence-corrected chi connectivity index (χ4v) is 5.66. The molecule has 1 aliphatic rings. The number of hydrogen-bond acceptors (Lipinski definition) is 8. The number of nitrogens with zero attached hydrogens (tertiary/aromatic N) is 5. The number of ether oxygens (including phenoxy) is 1. The number of rotatable bonds is 10. The van der Waals surface area contributed by atoms with E-state index in [9.17, 15) is 9.59 Å². The van der Waals surface area contributed by atoms with E-state index in [1.165, 1.54) is 22.6 Å². The monoisotopic (exact) mass is 548 g/mol. The second kappa shape index (κ2) is 12.2. The first-order chi connectivity index (χ1) is 19.0. The van der Waals surface area contributed by atoms with Crippen molar-refractivity contribution < 1.29 is 18.7 Å². The lowest BCUT2D eigenvalue weighted by Crippen LogP contribution is -2.47. The average molecular weight is 549 g/mol. The summed E-state index contributed by atoms with van der Waals surface area (Å²) in [4.78, 5) is 31.3. The predicted molar refractivity (Wildman–Crippen MR) is 146 cm³/mol. The summed E-state index contributed by atoms with van der Waals surface area (Å²) in [6.07, 6.45) is 5.28. The minimum atomic E-state index is -0.794. The number of thiophene rings is 1. The van der Waals surface area contributed by atoms with E-state index in [2.05, 4.69) is 20.7 Å². The van der Waals surface area contributed by atoms with Gasteiger partial charge in [-0.2, -0.15) is 4.80 Å². The van der Waals surface area contributed by atoms with Crippen LogP contribution in [0.2, 0.25) is 0 Å². The number of carbonyl (C=O) groups is 2. The molecule has 1 atom stereocenters. The Morgan fingerprint density at radius 1 is 1.15 bits per heavy atom. The Balaban J connectivity index is 1.43. The van der Waals surface area contributed by atoms with Gasteiger partial charge in [0.25, 0.3) is 0 Å². The molecule has 3 aromatic heterocycles. The molecule has 10 nitrogen and oxygen atoms in total. The summed E-state index contributed by atoms with van der Waals surface area (Å²) in [5, 5.41) is 17.6. The Hall–Kier alpha value is -3.99. The van der Waals surface area contributed by atoms with Gasteiger partial charge in [-0.1, -0.05) is 37.5 Å². The van der Waals surface area contributed by atoms with Crippen LogP contribution >= 0.6 is 11.3 Å². The van der Waals surface area contributed by atoms with E-state index in [4.69, 9.17) is 9.15 Å². The molecule has 0 aliphatic heterocycles. The molecule has 2 amide bonds. The highest BCUT2D eigenvalue weighted by molar-refractivity contribution is 7.10. The van der Waals surface area contributed by atoms with E-state index >= 15 is 0 Å². The third-order valence-electron chi connectivity index (χ3n) is 6.85. The van der Waals surface area contributed by atoms with Gasteiger partial charge in [0, 0.05) is 17.5 Å². The highest BCUT2D eigenvalue weighted by Gasteiger charge is 2.34. The van der Waals surface area contributed by atoms with Crippen molar-refractivity contribution in [1.29, 1.82) is 0 Å². The van der Waals surface area contributed by atoms with Crippen LogP contribution in [0.1, 0.15) is 54.3 Å². The SMILES string of the molecule is COc1ccc(CN(C(=O)Cn2nnc(-c3ccc(C)o3)n2)[C@H](C(=O)NC2CCCCC2)c2cccs2)cc1. The molecule has 1 saturated carbocycles. The fourth-order valence-electron chi connectivity index (χ4n) is 4.82. The van der Waals surface area contributed by atoms with Crippen LogP contribution in [0.25, 0.3) is 11.6 Å². The smallest absolute Gasteiger partial charge is 0.248 e. The van der Waals surface area contributed by atoms with E-state index < -0.39 is 6.04 Å². The zero-order valence-corrected chi connectivity index (χ0v) is 22.9. The molecule has 1 N–H and O–H groups in total. The fraction of sp³-hybridized carbons (Fsp3) is 0.393. The van der Waals surface area contributed by atoms with Crippen LogP contribution in [-0.4, -0.2) is 50.1 Å². The minimum Gasteiger partial charge on any atom is -0.497 e. The first kappa shape index (κ1) is 26.6. The molecule has 39 heavy (non-hydrogen) atoms. The zero-order valence-electron chi connectivity index (χ0n) is 22.1. The van der Waals surface area contributed by atoms with Gasteiger partial charge >= 0.3 is 0 Å². The summed E-state index contributed by atoms with van der Waals surface area (Å²) in [5.74, 6) is 1.74. The third kappa shape index (κ3) is 6.54. The van der Waals surface area contributed by atoms with Crippen molar-refractivity contribution in [2.75, 3.05) is 7.11 Å². The quantitative estimate of drug-likeness (QED) is 0.310. The molecule has 4 aromatic rings. The summed E-state index contributed by atoms with van der Waals surface area (Å²) < 4.78 is 10.9. The number of tetrazole rings is 1. The molecule has 5 rings (SSSR count). The predicted octanol–water partition coefficient (Wildman–Crippen LogP) is 4.53. The summed E-state index contributed by atoms with van der Waals surface area (Å²) in [7, 11) is 1.61. The zero-order chi connectivity index (χ0) is 27.2. The number of aryl methyl sites for hydroxylation is 1. The highest BCUT2D eigenvalue weighted by atomic mass is 32.1. The van der Waals surface area contributed by atoms with Gasteiger partial charge < -0.3 is 19.4 Å². The Morgan fingerprint density at radius 3 is 2.62 bits per heavy atom. The number of furan rings is 1. The molecule has 1 aliphatic carbocycles. The number of carbonyl (C=O) groups excluding carboxylic acids is 2. The topological polar surface area (TPSA) is 115 Å². The van der Waals surface area contributed by atoms with Gasteiger partial charge in [0.05, 0.1) is 7.11 Å². The molecule has 11 heteroatoms. The van der Waals surface area contributed by atoms with Crippen LogP contribution in [0, 0.1) is 6.92 Å². The normalized spacial score (nSPS) is 14.6. The summed E-state index contributed by atoms with van der Waals surface area (Å²) in [6.45, 7) is 1.88. The first-order valence-electron chi connectivity index (χ1n) is 13.1. The lowest BCUT2D eigenvalue weighted by atomic mass is 9.95. The number of methoxy groups -OCH3 is 1. The van der Waals surface area contributed by atoms with Crippen LogP contribution in [0.5, 0.6) is 5.75 Å². The maximum atomic E-state index is 13.9. The van der Waals surface area contributed by atoms with Gasteiger partial charge in [-0.15, -0.1) is 21.5 Å². The van der Waals surface area contributed by atoms with E-state index in [1.807, 2.05) is 54.8 Å². The molecule has 3 heterocycles. The van der Waals surface area contributed by atoms with Gasteiger partial charge in [0.2, 0.25) is 17.6 Å². The number of hydrogen-bond donors (Lipinski definition) is 1. The summed E-state index contributed by atoms with van der Waals surface area (Å²) in [6, 6.07) is 14.2. The van der Waals surface area contributed by atoms with E-state index in [-0.39, 0.29) is 30.9 Å². The number of amides is 2. The number of benzene rings is 1. The van der Waals surface area contributed by atoms with Gasteiger partial charge in [-0.25, -0.2) is 0 Å². The van der Waals surface area contributed by atoms with Crippen LogP contribution in [0.4, 0.5) is 0 Å². The molecule has 1 fully saturated rings. The molecule has 0 bridgehead atoms. The second-order valence-corrected chi connectivity index (χ2v) is 10.7. The van der Waals surface area contributed by atoms with Crippen molar-refractivity contribution in [2.45, 2.75) is 64.2 Å². The van der Waals surface area contributed by atoms with Crippen molar-refractivity contribution in [1.82, 2.24) is 30.4 Å². The van der Waals surface area contributed by atoms with E-state index in [0.717, 1.165) is 41.9 Å². The average Bonchev–Trinajstić information content (AvgIpc) is 3.72. The molecule has 1 aromatic carbocycles. The standard InChI is InChI=1S/C28H32N6O4S/c1-19-10-15-23(38-19)27-30-32-34(31-27)18-25(35)33(17-20-11-13-22(37-2)14-12-20)26(24-9-6-16-39-24)28(36)29-21-7-4-3-5-8-21/h6,9-16,21,26H,3-5,7-8,17-18H2,1-2H3,(H,29,36)/t26-/m0/s1. The molecular weight excluding hydrogens is 516 g/mol. The highest BCUT2D eigenvalue weighted by Crippen LogP contribution is 2.29. The van der Waals surface area contributed by atoms with Gasteiger partial charge in [-0.3, -0.25) is 9.59 Å².